The fraction of sp³-hybridized carbons (Fsp3) is 0.500. The minimum Gasteiger partial charge on any atom is -0.481 e. The predicted octanol–water partition coefficient (Wildman–Crippen LogP) is 2.84. The van der Waals surface area contributed by atoms with Gasteiger partial charge in [-0.1, -0.05) is 18.2 Å². The number of hydrogen-bond donors (Lipinski definition) is 2. The van der Waals surface area contributed by atoms with Crippen molar-refractivity contribution in [1.82, 2.24) is 5.32 Å². The number of rotatable bonds is 3. The normalized spacial score (nSPS) is 27.9. The molecule has 5 heteroatoms. The molecule has 2 aliphatic rings. The monoisotopic (exact) mass is 305 g/mol. The zero-order valence-electron chi connectivity index (χ0n) is 11.7. The van der Waals surface area contributed by atoms with Crippen molar-refractivity contribution in [3.8, 4) is 0 Å². The van der Waals surface area contributed by atoms with E-state index in [-0.39, 0.29) is 23.8 Å². The maximum Gasteiger partial charge on any atom is 0.306 e. The average molecular weight is 305 g/mol. The molecule has 0 saturated heterocycles. The van der Waals surface area contributed by atoms with Crippen LogP contribution in [0, 0.1) is 11.8 Å². The molecule has 1 aliphatic carbocycles. The molecule has 3 rings (SSSR count). The van der Waals surface area contributed by atoms with Gasteiger partial charge in [-0.05, 0) is 37.3 Å². The molecule has 1 aliphatic heterocycles. The van der Waals surface area contributed by atoms with Gasteiger partial charge in [0.05, 0.1) is 12.0 Å². The highest BCUT2D eigenvalue weighted by atomic mass is 32.2. The van der Waals surface area contributed by atoms with Crippen LogP contribution in [0.15, 0.2) is 29.2 Å². The number of carboxylic acid groups (broad SMARTS) is 1. The fourth-order valence-corrected chi connectivity index (χ4v) is 4.35. The fourth-order valence-electron chi connectivity index (χ4n) is 3.23. The highest BCUT2D eigenvalue weighted by molar-refractivity contribution is 7.99. The Kier molecular flexibility index (Phi) is 4.19. The van der Waals surface area contributed by atoms with Gasteiger partial charge in [-0.3, -0.25) is 9.59 Å². The second kappa shape index (κ2) is 6.10. The predicted molar refractivity (Wildman–Crippen MR) is 81.1 cm³/mol. The number of thioether (sulfide) groups is 1. The molecule has 112 valence electrons. The van der Waals surface area contributed by atoms with Crippen LogP contribution in [0.25, 0.3) is 0 Å². The summed E-state index contributed by atoms with van der Waals surface area (Å²) in [5.41, 5.74) is 1.19. The van der Waals surface area contributed by atoms with Gasteiger partial charge in [0.15, 0.2) is 0 Å². The first-order valence-corrected chi connectivity index (χ1v) is 8.38. The van der Waals surface area contributed by atoms with Crippen LogP contribution in [0.3, 0.4) is 0 Å². The van der Waals surface area contributed by atoms with Crippen LogP contribution in [0.1, 0.15) is 37.3 Å². The van der Waals surface area contributed by atoms with Gasteiger partial charge in [-0.25, -0.2) is 0 Å². The van der Waals surface area contributed by atoms with E-state index in [2.05, 4.69) is 17.4 Å². The molecule has 1 aromatic carbocycles. The van der Waals surface area contributed by atoms with E-state index in [1.165, 1.54) is 10.5 Å². The molecule has 3 atom stereocenters. The van der Waals surface area contributed by atoms with Crippen LogP contribution in [0.5, 0.6) is 0 Å². The van der Waals surface area contributed by atoms with Crippen LogP contribution < -0.4 is 5.32 Å². The van der Waals surface area contributed by atoms with E-state index in [1.54, 1.807) is 0 Å². The lowest BCUT2D eigenvalue weighted by Crippen LogP contribution is -2.34. The van der Waals surface area contributed by atoms with Crippen molar-refractivity contribution >= 4 is 23.6 Å². The van der Waals surface area contributed by atoms with E-state index in [0.29, 0.717) is 19.3 Å². The molecule has 1 amide bonds. The molecule has 1 heterocycles. The number of carbonyl (C=O) groups is 2. The summed E-state index contributed by atoms with van der Waals surface area (Å²) in [6.45, 7) is 0. The highest BCUT2D eigenvalue weighted by Crippen LogP contribution is 2.37. The molecule has 0 spiro atoms. The summed E-state index contributed by atoms with van der Waals surface area (Å²) in [5, 5.41) is 12.2. The molecule has 0 bridgehead atoms. The summed E-state index contributed by atoms with van der Waals surface area (Å²) in [5.74, 6) is -0.248. The Labute approximate surface area is 128 Å². The van der Waals surface area contributed by atoms with Crippen LogP contribution in [-0.2, 0) is 9.59 Å². The molecule has 1 fully saturated rings. The van der Waals surface area contributed by atoms with Gasteiger partial charge >= 0.3 is 5.97 Å². The number of benzene rings is 1. The number of amides is 1. The van der Waals surface area contributed by atoms with Gasteiger partial charge in [-0.15, -0.1) is 11.8 Å². The van der Waals surface area contributed by atoms with Crippen molar-refractivity contribution in [3.63, 3.8) is 0 Å². The van der Waals surface area contributed by atoms with E-state index in [0.717, 1.165) is 12.2 Å². The molecule has 0 radical (unpaired) electrons. The van der Waals surface area contributed by atoms with Crippen molar-refractivity contribution in [2.24, 2.45) is 11.8 Å². The maximum absolute atomic E-state index is 12.4. The first kappa shape index (κ1) is 14.4. The van der Waals surface area contributed by atoms with Crippen molar-refractivity contribution in [2.75, 3.05) is 5.75 Å². The summed E-state index contributed by atoms with van der Waals surface area (Å²) in [4.78, 5) is 24.6. The lowest BCUT2D eigenvalue weighted by atomic mass is 10.0. The third-order valence-corrected chi connectivity index (χ3v) is 5.55. The lowest BCUT2D eigenvalue weighted by Gasteiger charge is -2.27. The van der Waals surface area contributed by atoms with Gasteiger partial charge in [0.25, 0.3) is 0 Å². The number of nitrogens with one attached hydrogen (secondary N) is 1. The molecule has 21 heavy (non-hydrogen) atoms. The Morgan fingerprint density at radius 1 is 1.14 bits per heavy atom. The van der Waals surface area contributed by atoms with Crippen molar-refractivity contribution < 1.29 is 14.7 Å². The summed E-state index contributed by atoms with van der Waals surface area (Å²) in [7, 11) is 0. The Bertz CT molecular complexity index is 560. The Morgan fingerprint density at radius 2 is 1.90 bits per heavy atom. The van der Waals surface area contributed by atoms with Crippen LogP contribution in [-0.4, -0.2) is 22.7 Å². The van der Waals surface area contributed by atoms with Gasteiger partial charge < -0.3 is 10.4 Å². The molecule has 4 nitrogen and oxygen atoms in total. The smallest absolute Gasteiger partial charge is 0.306 e. The Balaban J connectivity index is 1.65. The second-order valence-electron chi connectivity index (χ2n) is 5.78. The minimum absolute atomic E-state index is 0.0189. The number of carbonyl (C=O) groups excluding carboxylic acids is 1. The SMILES string of the molecule is O=C(O)[C@H]1CC[C@@H](C(=O)NC2CCSc3ccccc32)C1. The second-order valence-corrected chi connectivity index (χ2v) is 6.92. The van der Waals surface area contributed by atoms with Gasteiger partial charge in [0.2, 0.25) is 5.91 Å². The molecule has 1 unspecified atom stereocenters. The van der Waals surface area contributed by atoms with Crippen LogP contribution in [0.4, 0.5) is 0 Å². The first-order chi connectivity index (χ1) is 10.1. The highest BCUT2D eigenvalue weighted by Gasteiger charge is 2.35. The number of hydrogen-bond acceptors (Lipinski definition) is 3. The molecular formula is C16H19NO3S. The Hall–Kier alpha value is -1.49. The van der Waals surface area contributed by atoms with Gasteiger partial charge in [0.1, 0.15) is 0 Å². The van der Waals surface area contributed by atoms with Crippen molar-refractivity contribution in [2.45, 2.75) is 36.6 Å². The average Bonchev–Trinajstić information content (AvgIpc) is 2.98. The van der Waals surface area contributed by atoms with Crippen LogP contribution >= 0.6 is 11.8 Å². The topological polar surface area (TPSA) is 66.4 Å². The first-order valence-electron chi connectivity index (χ1n) is 7.40. The van der Waals surface area contributed by atoms with E-state index >= 15 is 0 Å². The minimum atomic E-state index is -0.773. The van der Waals surface area contributed by atoms with E-state index in [9.17, 15) is 9.59 Å². The van der Waals surface area contributed by atoms with Gasteiger partial charge in [0, 0.05) is 16.6 Å². The zero-order valence-corrected chi connectivity index (χ0v) is 12.6. The molecule has 1 saturated carbocycles. The van der Waals surface area contributed by atoms with Gasteiger partial charge in [-0.2, -0.15) is 0 Å². The third kappa shape index (κ3) is 3.07. The molecule has 1 aromatic rings. The summed E-state index contributed by atoms with van der Waals surface area (Å²) in [6.07, 6.45) is 2.71. The van der Waals surface area contributed by atoms with Crippen molar-refractivity contribution in [3.05, 3.63) is 29.8 Å². The summed E-state index contributed by atoms with van der Waals surface area (Å²) >= 11 is 1.83. The van der Waals surface area contributed by atoms with E-state index < -0.39 is 5.97 Å². The summed E-state index contributed by atoms with van der Waals surface area (Å²) in [6, 6.07) is 8.25. The number of aliphatic carboxylic acids is 1. The largest absolute Gasteiger partial charge is 0.481 e. The summed E-state index contributed by atoms with van der Waals surface area (Å²) < 4.78 is 0. The number of carboxylic acids is 1. The van der Waals surface area contributed by atoms with Crippen LogP contribution in [0.2, 0.25) is 0 Å². The quantitative estimate of drug-likeness (QED) is 0.901. The standard InChI is InChI=1S/C16H19NO3S/c18-15(10-5-6-11(9-10)16(19)20)17-13-7-8-21-14-4-2-1-3-12(13)14/h1-4,10-11,13H,5-9H2,(H,17,18)(H,19,20)/t10-,11+,13?/m1/s1. The molecule has 0 aromatic heterocycles. The number of fused-ring (bicyclic) bond motifs is 1. The van der Waals surface area contributed by atoms with Crippen molar-refractivity contribution in [1.29, 1.82) is 0 Å². The van der Waals surface area contributed by atoms with E-state index in [4.69, 9.17) is 5.11 Å². The molecular weight excluding hydrogens is 286 g/mol. The molecule has 2 N–H and O–H groups in total. The zero-order chi connectivity index (χ0) is 14.8. The third-order valence-electron chi connectivity index (χ3n) is 4.43. The maximum atomic E-state index is 12.4. The van der Waals surface area contributed by atoms with E-state index in [1.807, 2.05) is 23.9 Å². The Morgan fingerprint density at radius 3 is 2.67 bits per heavy atom. The lowest BCUT2D eigenvalue weighted by molar-refractivity contribution is -0.141.